The molecule has 3 aromatic rings. The summed E-state index contributed by atoms with van der Waals surface area (Å²) in [4.78, 5) is 11.8. The number of halogens is 1. The van der Waals surface area contributed by atoms with Gasteiger partial charge in [0.2, 0.25) is 5.91 Å². The summed E-state index contributed by atoms with van der Waals surface area (Å²) in [6.45, 7) is 1.47. The van der Waals surface area contributed by atoms with E-state index in [2.05, 4.69) is 34.3 Å². The molecule has 1 N–H and O–H groups in total. The number of nitrogens with one attached hydrogen (secondary N) is 1. The van der Waals surface area contributed by atoms with Crippen LogP contribution in [0.4, 0.5) is 4.39 Å². The second-order valence-corrected chi connectivity index (χ2v) is 5.60. The Labute approximate surface area is 140 Å². The van der Waals surface area contributed by atoms with Crippen LogP contribution in [-0.2, 0) is 11.3 Å². The summed E-state index contributed by atoms with van der Waals surface area (Å²) >= 11 is 0. The van der Waals surface area contributed by atoms with Crippen LogP contribution in [0.3, 0.4) is 0 Å². The monoisotopic (exact) mass is 322 g/mol. The fraction of sp³-hybridized carbons (Fsp3) is 0.150. The third kappa shape index (κ3) is 4.10. The van der Waals surface area contributed by atoms with Gasteiger partial charge in [0.1, 0.15) is 5.82 Å². The van der Waals surface area contributed by atoms with Gasteiger partial charge in [0.05, 0.1) is 0 Å². The van der Waals surface area contributed by atoms with Crippen LogP contribution in [0.1, 0.15) is 12.0 Å². The van der Waals surface area contributed by atoms with Gasteiger partial charge in [0, 0.05) is 30.9 Å². The van der Waals surface area contributed by atoms with Gasteiger partial charge in [0.15, 0.2) is 0 Å². The van der Waals surface area contributed by atoms with Crippen LogP contribution >= 0.6 is 0 Å². The van der Waals surface area contributed by atoms with Crippen LogP contribution in [0.5, 0.6) is 0 Å². The number of aromatic nitrogens is 1. The zero-order chi connectivity index (χ0) is 16.8. The number of rotatable bonds is 6. The van der Waals surface area contributed by atoms with Crippen molar-refractivity contribution >= 4 is 22.9 Å². The number of aryl methyl sites for hydroxylation is 1. The van der Waals surface area contributed by atoms with Crippen molar-refractivity contribution in [3.63, 3.8) is 0 Å². The number of carbonyl (C=O) groups excluding carboxylic acids is 1. The molecule has 0 bridgehead atoms. The standard InChI is InChI=1S/C20H19FN2O/c21-18-9-6-16(7-10-18)8-11-20(24)22-13-3-14-23-15-12-17-4-1-2-5-19(17)23/h1-2,4-12,15H,3,13-14H2,(H,22,24). The highest BCUT2D eigenvalue weighted by atomic mass is 19.1. The summed E-state index contributed by atoms with van der Waals surface area (Å²) in [6, 6.07) is 16.4. The molecule has 122 valence electrons. The summed E-state index contributed by atoms with van der Waals surface area (Å²) in [7, 11) is 0. The lowest BCUT2D eigenvalue weighted by atomic mass is 10.2. The Morgan fingerprint density at radius 2 is 1.88 bits per heavy atom. The van der Waals surface area contributed by atoms with Crippen LogP contribution in [0.2, 0.25) is 0 Å². The molecule has 2 aromatic carbocycles. The topological polar surface area (TPSA) is 34.0 Å². The van der Waals surface area contributed by atoms with E-state index in [0.717, 1.165) is 18.5 Å². The number of hydrogen-bond acceptors (Lipinski definition) is 1. The molecule has 0 radical (unpaired) electrons. The molecular formula is C20H19FN2O. The maximum Gasteiger partial charge on any atom is 0.244 e. The minimum absolute atomic E-state index is 0.142. The molecule has 0 aliphatic rings. The summed E-state index contributed by atoms with van der Waals surface area (Å²) < 4.78 is 15.0. The van der Waals surface area contributed by atoms with Gasteiger partial charge in [-0.2, -0.15) is 0 Å². The molecule has 3 rings (SSSR count). The Bertz CT molecular complexity index is 849. The summed E-state index contributed by atoms with van der Waals surface area (Å²) in [5.74, 6) is -0.425. The number of hydrogen-bond donors (Lipinski definition) is 1. The quantitative estimate of drug-likeness (QED) is 0.540. The number of amides is 1. The maximum absolute atomic E-state index is 12.8. The van der Waals surface area contributed by atoms with Gasteiger partial charge >= 0.3 is 0 Å². The van der Waals surface area contributed by atoms with E-state index in [1.54, 1.807) is 18.2 Å². The number of nitrogens with zero attached hydrogens (tertiary/aromatic N) is 1. The second kappa shape index (κ2) is 7.59. The fourth-order valence-corrected chi connectivity index (χ4v) is 2.60. The van der Waals surface area contributed by atoms with E-state index >= 15 is 0 Å². The Balaban J connectivity index is 1.44. The van der Waals surface area contributed by atoms with Crippen LogP contribution in [0.25, 0.3) is 17.0 Å². The fourth-order valence-electron chi connectivity index (χ4n) is 2.60. The van der Waals surface area contributed by atoms with E-state index in [0.29, 0.717) is 6.54 Å². The number of carbonyl (C=O) groups is 1. The van der Waals surface area contributed by atoms with Crippen molar-refractivity contribution in [1.29, 1.82) is 0 Å². The van der Waals surface area contributed by atoms with Crippen molar-refractivity contribution in [2.45, 2.75) is 13.0 Å². The molecule has 0 atom stereocenters. The van der Waals surface area contributed by atoms with Crippen LogP contribution in [0, 0.1) is 5.82 Å². The van der Waals surface area contributed by atoms with E-state index in [1.807, 2.05) is 12.1 Å². The molecule has 3 nitrogen and oxygen atoms in total. The van der Waals surface area contributed by atoms with Crippen molar-refractivity contribution in [2.24, 2.45) is 0 Å². The van der Waals surface area contributed by atoms with E-state index in [1.165, 1.54) is 29.1 Å². The van der Waals surface area contributed by atoms with Gasteiger partial charge in [-0.25, -0.2) is 4.39 Å². The summed E-state index contributed by atoms with van der Waals surface area (Å²) in [5, 5.41) is 4.09. The average Bonchev–Trinajstić information content (AvgIpc) is 3.01. The summed E-state index contributed by atoms with van der Waals surface area (Å²) in [5.41, 5.74) is 2.00. The minimum Gasteiger partial charge on any atom is -0.352 e. The van der Waals surface area contributed by atoms with Crippen molar-refractivity contribution in [2.75, 3.05) is 6.54 Å². The molecule has 24 heavy (non-hydrogen) atoms. The molecular weight excluding hydrogens is 303 g/mol. The van der Waals surface area contributed by atoms with E-state index in [-0.39, 0.29) is 11.7 Å². The third-order valence-electron chi connectivity index (χ3n) is 3.85. The molecule has 0 unspecified atom stereocenters. The zero-order valence-electron chi connectivity index (χ0n) is 13.3. The van der Waals surface area contributed by atoms with Crippen LogP contribution in [0.15, 0.2) is 66.9 Å². The zero-order valence-corrected chi connectivity index (χ0v) is 13.3. The SMILES string of the molecule is O=C(C=Cc1ccc(F)cc1)NCCCn1ccc2ccccc21. The molecule has 0 aliphatic carbocycles. The normalized spacial score (nSPS) is 11.2. The molecule has 1 amide bonds. The van der Waals surface area contributed by atoms with Gasteiger partial charge in [0.25, 0.3) is 0 Å². The number of para-hydroxylation sites is 1. The molecule has 0 saturated carbocycles. The highest BCUT2D eigenvalue weighted by Crippen LogP contribution is 2.15. The molecule has 4 heteroatoms. The molecule has 0 fully saturated rings. The molecule has 1 aromatic heterocycles. The Kier molecular flexibility index (Phi) is 5.06. The molecule has 0 aliphatic heterocycles. The number of fused-ring (bicyclic) bond motifs is 1. The van der Waals surface area contributed by atoms with Crippen molar-refractivity contribution in [1.82, 2.24) is 9.88 Å². The molecule has 0 spiro atoms. The Morgan fingerprint density at radius 3 is 2.71 bits per heavy atom. The van der Waals surface area contributed by atoms with Gasteiger partial charge in [-0.15, -0.1) is 0 Å². The first-order chi connectivity index (χ1) is 11.7. The molecule has 1 heterocycles. The van der Waals surface area contributed by atoms with Crippen molar-refractivity contribution in [3.05, 3.63) is 78.3 Å². The van der Waals surface area contributed by atoms with E-state index in [4.69, 9.17) is 0 Å². The highest BCUT2D eigenvalue weighted by molar-refractivity contribution is 5.91. The van der Waals surface area contributed by atoms with E-state index < -0.39 is 0 Å². The van der Waals surface area contributed by atoms with Gasteiger partial charge < -0.3 is 9.88 Å². The molecule has 0 saturated heterocycles. The lowest BCUT2D eigenvalue weighted by Crippen LogP contribution is -2.23. The second-order valence-electron chi connectivity index (χ2n) is 5.60. The first kappa shape index (κ1) is 16.0. The van der Waals surface area contributed by atoms with Crippen LogP contribution < -0.4 is 5.32 Å². The lowest BCUT2D eigenvalue weighted by molar-refractivity contribution is -0.116. The predicted octanol–water partition coefficient (Wildman–Crippen LogP) is 4.00. The third-order valence-corrected chi connectivity index (χ3v) is 3.85. The van der Waals surface area contributed by atoms with Crippen molar-refractivity contribution in [3.8, 4) is 0 Å². The Hall–Kier alpha value is -2.88. The Morgan fingerprint density at radius 1 is 1.08 bits per heavy atom. The van der Waals surface area contributed by atoms with Crippen molar-refractivity contribution < 1.29 is 9.18 Å². The van der Waals surface area contributed by atoms with Crippen LogP contribution in [-0.4, -0.2) is 17.0 Å². The minimum atomic E-state index is -0.283. The largest absolute Gasteiger partial charge is 0.352 e. The van der Waals surface area contributed by atoms with Gasteiger partial charge in [-0.05, 0) is 47.7 Å². The number of benzene rings is 2. The van der Waals surface area contributed by atoms with Gasteiger partial charge in [-0.1, -0.05) is 30.3 Å². The lowest BCUT2D eigenvalue weighted by Gasteiger charge is -2.06. The average molecular weight is 322 g/mol. The predicted molar refractivity (Wildman–Crippen MR) is 95.0 cm³/mol. The van der Waals surface area contributed by atoms with Gasteiger partial charge in [-0.3, -0.25) is 4.79 Å². The van der Waals surface area contributed by atoms with E-state index in [9.17, 15) is 9.18 Å². The first-order valence-corrected chi connectivity index (χ1v) is 7.98. The first-order valence-electron chi connectivity index (χ1n) is 7.98. The summed E-state index contributed by atoms with van der Waals surface area (Å²) in [6.07, 6.45) is 6.07. The maximum atomic E-state index is 12.8. The highest BCUT2D eigenvalue weighted by Gasteiger charge is 2.00. The smallest absolute Gasteiger partial charge is 0.244 e.